The highest BCUT2D eigenvalue weighted by Gasteiger charge is 2.21. The van der Waals surface area contributed by atoms with Crippen LogP contribution >= 0.6 is 11.6 Å². The lowest BCUT2D eigenvalue weighted by atomic mass is 10.0. The van der Waals surface area contributed by atoms with E-state index in [0.717, 1.165) is 11.1 Å². The molecule has 0 bridgehead atoms. The van der Waals surface area contributed by atoms with Gasteiger partial charge in [-0.15, -0.1) is 0 Å². The molecule has 1 heterocycles. The van der Waals surface area contributed by atoms with Gasteiger partial charge in [0.1, 0.15) is 10.7 Å². The number of rotatable bonds is 8. The van der Waals surface area contributed by atoms with Crippen LogP contribution in [0.1, 0.15) is 17.5 Å². The molecule has 5 nitrogen and oxygen atoms in total. The molecule has 3 aromatic rings. The zero-order chi connectivity index (χ0) is 21.7. The molecule has 0 fully saturated rings. The van der Waals surface area contributed by atoms with Crippen LogP contribution in [0.15, 0.2) is 65.8 Å². The van der Waals surface area contributed by atoms with Gasteiger partial charge in [0.25, 0.3) is 10.0 Å². The largest absolute Gasteiger partial charge is 0.299 e. The van der Waals surface area contributed by atoms with Gasteiger partial charge in [-0.1, -0.05) is 29.8 Å². The van der Waals surface area contributed by atoms with Crippen molar-refractivity contribution >= 4 is 33.1 Å². The first kappa shape index (κ1) is 21.9. The second-order valence-corrected chi connectivity index (χ2v) is 8.63. The number of halogens is 3. The second-order valence-electron chi connectivity index (χ2n) is 6.58. The molecular formula is C21H17ClF2N2O3S. The Morgan fingerprint density at radius 3 is 2.40 bits per heavy atom. The lowest BCUT2D eigenvalue weighted by molar-refractivity contribution is -0.118. The Bertz CT molecular complexity index is 1150. The van der Waals surface area contributed by atoms with Gasteiger partial charge in [0.05, 0.1) is 5.02 Å². The molecule has 1 N–H and O–H groups in total. The van der Waals surface area contributed by atoms with Crippen molar-refractivity contribution in [2.45, 2.75) is 24.2 Å². The van der Waals surface area contributed by atoms with Gasteiger partial charge < -0.3 is 0 Å². The Labute approximate surface area is 177 Å². The van der Waals surface area contributed by atoms with Gasteiger partial charge in [-0.25, -0.2) is 17.2 Å². The van der Waals surface area contributed by atoms with Crippen LogP contribution in [-0.2, 0) is 27.7 Å². The van der Waals surface area contributed by atoms with Crippen molar-refractivity contribution in [1.82, 2.24) is 4.98 Å². The van der Waals surface area contributed by atoms with Crippen LogP contribution in [-0.4, -0.2) is 19.2 Å². The first-order valence-electron chi connectivity index (χ1n) is 8.91. The summed E-state index contributed by atoms with van der Waals surface area (Å²) in [5.41, 5.74) is 1.90. The summed E-state index contributed by atoms with van der Waals surface area (Å²) in [5.74, 6) is -2.52. The number of ketones is 1. The smallest absolute Gasteiger partial charge is 0.263 e. The predicted octanol–water partition coefficient (Wildman–Crippen LogP) is 4.56. The molecule has 3 rings (SSSR count). The normalized spacial score (nSPS) is 11.3. The maximum absolute atomic E-state index is 13.4. The Kier molecular flexibility index (Phi) is 6.79. The third-order valence-electron chi connectivity index (χ3n) is 4.29. The second kappa shape index (κ2) is 9.32. The number of benzene rings is 2. The van der Waals surface area contributed by atoms with Crippen LogP contribution in [0, 0.1) is 11.6 Å². The molecule has 156 valence electrons. The SMILES string of the molecule is O=C(CCc1cccnc1)Cc1ccc(NS(=O)(=O)c2cc(F)c(F)cc2Cl)cc1. The van der Waals surface area contributed by atoms with Crippen molar-refractivity contribution < 1.29 is 22.0 Å². The summed E-state index contributed by atoms with van der Waals surface area (Å²) in [6.07, 6.45) is 4.56. The number of Topliss-reactive ketones (excluding diaryl/α,β-unsaturated/α-hetero) is 1. The molecule has 0 aliphatic carbocycles. The van der Waals surface area contributed by atoms with Crippen LogP contribution in [0.5, 0.6) is 0 Å². The van der Waals surface area contributed by atoms with E-state index in [4.69, 9.17) is 11.6 Å². The van der Waals surface area contributed by atoms with E-state index in [9.17, 15) is 22.0 Å². The minimum Gasteiger partial charge on any atom is -0.299 e. The topological polar surface area (TPSA) is 76.1 Å². The lowest BCUT2D eigenvalue weighted by Gasteiger charge is -2.10. The highest BCUT2D eigenvalue weighted by molar-refractivity contribution is 7.92. The molecule has 0 unspecified atom stereocenters. The molecular weight excluding hydrogens is 434 g/mol. The fourth-order valence-corrected chi connectivity index (χ4v) is 4.34. The quantitative estimate of drug-likeness (QED) is 0.510. The standard InChI is InChI=1S/C21H17ClF2N2O3S/c22-18-11-19(23)20(24)12-21(18)30(28,29)26-16-6-3-14(4-7-16)10-17(27)8-5-15-2-1-9-25-13-15/h1-4,6-7,9,11-13,26H,5,8,10H2. The van der Waals surface area contributed by atoms with Crippen molar-refractivity contribution in [2.24, 2.45) is 0 Å². The van der Waals surface area contributed by atoms with Gasteiger partial charge in [0.2, 0.25) is 0 Å². The van der Waals surface area contributed by atoms with Crippen LogP contribution in [0.4, 0.5) is 14.5 Å². The first-order valence-corrected chi connectivity index (χ1v) is 10.8. The van der Waals surface area contributed by atoms with E-state index in [1.54, 1.807) is 24.5 Å². The molecule has 0 atom stereocenters. The van der Waals surface area contributed by atoms with E-state index in [0.29, 0.717) is 25.0 Å². The van der Waals surface area contributed by atoms with Crippen LogP contribution < -0.4 is 4.72 Å². The molecule has 0 amide bonds. The van der Waals surface area contributed by atoms with Crippen molar-refractivity contribution in [1.29, 1.82) is 0 Å². The molecule has 0 radical (unpaired) electrons. The fraction of sp³-hybridized carbons (Fsp3) is 0.143. The summed E-state index contributed by atoms with van der Waals surface area (Å²) < 4.78 is 53.7. The molecule has 0 aliphatic rings. The number of carbonyl (C=O) groups is 1. The Morgan fingerprint density at radius 1 is 1.03 bits per heavy atom. The maximum Gasteiger partial charge on any atom is 0.263 e. The predicted molar refractivity (Wildman–Crippen MR) is 110 cm³/mol. The molecule has 0 spiro atoms. The van der Waals surface area contributed by atoms with Crippen LogP contribution in [0.25, 0.3) is 0 Å². The highest BCUT2D eigenvalue weighted by Crippen LogP contribution is 2.26. The number of aromatic nitrogens is 1. The Balaban J connectivity index is 1.63. The summed E-state index contributed by atoms with van der Waals surface area (Å²) >= 11 is 5.74. The Hall–Kier alpha value is -2.84. The molecule has 2 aromatic carbocycles. The molecule has 0 saturated carbocycles. The highest BCUT2D eigenvalue weighted by atomic mass is 35.5. The zero-order valence-corrected chi connectivity index (χ0v) is 17.2. The van der Waals surface area contributed by atoms with E-state index >= 15 is 0 Å². The summed E-state index contributed by atoms with van der Waals surface area (Å²) in [7, 11) is -4.22. The van der Waals surface area contributed by atoms with Gasteiger partial charge >= 0.3 is 0 Å². The van der Waals surface area contributed by atoms with Crippen LogP contribution in [0.2, 0.25) is 5.02 Å². The number of anilines is 1. The number of sulfonamides is 1. The van der Waals surface area contributed by atoms with E-state index in [2.05, 4.69) is 9.71 Å². The average molecular weight is 451 g/mol. The third-order valence-corrected chi connectivity index (χ3v) is 6.13. The zero-order valence-electron chi connectivity index (χ0n) is 15.6. The Morgan fingerprint density at radius 2 is 1.73 bits per heavy atom. The number of hydrogen-bond acceptors (Lipinski definition) is 4. The van der Waals surface area contributed by atoms with Gasteiger partial charge in [0.15, 0.2) is 11.6 Å². The van der Waals surface area contributed by atoms with Gasteiger partial charge in [-0.05, 0) is 47.9 Å². The number of pyridine rings is 1. The van der Waals surface area contributed by atoms with Gasteiger partial charge in [0, 0.05) is 30.9 Å². The third kappa shape index (κ3) is 5.61. The van der Waals surface area contributed by atoms with E-state index in [-0.39, 0.29) is 17.9 Å². The van der Waals surface area contributed by atoms with Crippen LogP contribution in [0.3, 0.4) is 0 Å². The molecule has 0 saturated heterocycles. The van der Waals surface area contributed by atoms with Crippen molar-refractivity contribution in [2.75, 3.05) is 4.72 Å². The number of nitrogens with zero attached hydrogens (tertiary/aromatic N) is 1. The summed E-state index contributed by atoms with van der Waals surface area (Å²) in [4.78, 5) is 15.6. The van der Waals surface area contributed by atoms with Crippen molar-refractivity contribution in [3.8, 4) is 0 Å². The summed E-state index contributed by atoms with van der Waals surface area (Å²) in [6.45, 7) is 0. The fourth-order valence-electron chi connectivity index (χ4n) is 2.76. The number of hydrogen-bond donors (Lipinski definition) is 1. The molecule has 0 aliphatic heterocycles. The van der Waals surface area contributed by atoms with E-state index < -0.39 is 31.6 Å². The molecule has 9 heteroatoms. The maximum atomic E-state index is 13.4. The molecule has 1 aromatic heterocycles. The monoisotopic (exact) mass is 450 g/mol. The number of nitrogens with one attached hydrogen (secondary N) is 1. The number of aryl methyl sites for hydroxylation is 1. The van der Waals surface area contributed by atoms with Crippen molar-refractivity contribution in [3.05, 3.63) is 88.7 Å². The van der Waals surface area contributed by atoms with Gasteiger partial charge in [-0.3, -0.25) is 14.5 Å². The van der Waals surface area contributed by atoms with E-state index in [1.807, 2.05) is 12.1 Å². The minimum absolute atomic E-state index is 0.0424. The summed E-state index contributed by atoms with van der Waals surface area (Å²) in [6, 6.07) is 11.0. The molecule has 30 heavy (non-hydrogen) atoms. The minimum atomic E-state index is -4.22. The average Bonchev–Trinajstić information content (AvgIpc) is 2.71. The van der Waals surface area contributed by atoms with Crippen molar-refractivity contribution in [3.63, 3.8) is 0 Å². The van der Waals surface area contributed by atoms with E-state index in [1.165, 1.54) is 12.1 Å². The van der Waals surface area contributed by atoms with Gasteiger partial charge in [-0.2, -0.15) is 0 Å². The number of carbonyl (C=O) groups excluding carboxylic acids is 1. The lowest BCUT2D eigenvalue weighted by Crippen LogP contribution is -2.14. The summed E-state index contributed by atoms with van der Waals surface area (Å²) in [5, 5.41) is -0.433. The first-order chi connectivity index (χ1) is 14.2.